The molecule has 128 valence electrons. The smallest absolute Gasteiger partial charge is 0.253 e. The van der Waals surface area contributed by atoms with Gasteiger partial charge in [0.25, 0.3) is 5.91 Å². The fourth-order valence-corrected chi connectivity index (χ4v) is 3.52. The lowest BCUT2D eigenvalue weighted by molar-refractivity contribution is 0.0802. The van der Waals surface area contributed by atoms with Crippen LogP contribution >= 0.6 is 0 Å². The van der Waals surface area contributed by atoms with E-state index in [2.05, 4.69) is 4.72 Å². The topological polar surface area (TPSA) is 66.5 Å². The van der Waals surface area contributed by atoms with Gasteiger partial charge in [-0.25, -0.2) is 13.1 Å². The van der Waals surface area contributed by atoms with Crippen LogP contribution in [0.1, 0.15) is 28.4 Å². The number of carbonyl (C=O) groups excluding carboxylic acids is 1. The lowest BCUT2D eigenvalue weighted by Crippen LogP contribution is -2.27. The Morgan fingerprint density at radius 1 is 1.12 bits per heavy atom. The molecule has 1 amide bonds. The van der Waals surface area contributed by atoms with Crippen molar-refractivity contribution in [1.29, 1.82) is 0 Å². The summed E-state index contributed by atoms with van der Waals surface area (Å²) in [5.41, 5.74) is 1.84. The maximum absolute atomic E-state index is 12.6. The third kappa shape index (κ3) is 4.21. The molecule has 2 rings (SSSR count). The number of nitrogens with one attached hydrogen (secondary N) is 1. The first-order valence-electron chi connectivity index (χ1n) is 7.75. The highest BCUT2D eigenvalue weighted by atomic mass is 32.2. The van der Waals surface area contributed by atoms with Gasteiger partial charge in [-0.2, -0.15) is 0 Å². The van der Waals surface area contributed by atoms with E-state index in [1.165, 1.54) is 6.07 Å². The van der Waals surface area contributed by atoms with Crippen LogP contribution in [0.15, 0.2) is 53.4 Å². The van der Waals surface area contributed by atoms with Crippen molar-refractivity contribution in [2.24, 2.45) is 0 Å². The van der Waals surface area contributed by atoms with Gasteiger partial charge >= 0.3 is 0 Å². The third-order valence-corrected chi connectivity index (χ3v) is 5.40. The highest BCUT2D eigenvalue weighted by Gasteiger charge is 2.20. The molecule has 0 radical (unpaired) electrons. The van der Waals surface area contributed by atoms with Crippen molar-refractivity contribution >= 4 is 15.9 Å². The minimum absolute atomic E-state index is 0.133. The van der Waals surface area contributed by atoms with Crippen molar-refractivity contribution in [2.75, 3.05) is 13.6 Å². The maximum atomic E-state index is 12.6. The SMILES string of the molecule is CCN(C)C(=O)c1ccc(C)c(S(=O)(=O)NCc2ccccc2)c1. The fraction of sp³-hybridized carbons (Fsp3) is 0.278. The van der Waals surface area contributed by atoms with Crippen molar-refractivity contribution < 1.29 is 13.2 Å². The van der Waals surface area contributed by atoms with Crippen LogP contribution in [0.5, 0.6) is 0 Å². The van der Waals surface area contributed by atoms with Gasteiger partial charge in [-0.05, 0) is 37.1 Å². The Labute approximate surface area is 143 Å². The zero-order valence-electron chi connectivity index (χ0n) is 14.1. The number of carbonyl (C=O) groups is 1. The molecule has 0 heterocycles. The predicted molar refractivity (Wildman–Crippen MR) is 94.3 cm³/mol. The van der Waals surface area contributed by atoms with E-state index < -0.39 is 10.0 Å². The molecule has 24 heavy (non-hydrogen) atoms. The summed E-state index contributed by atoms with van der Waals surface area (Å²) < 4.78 is 27.8. The van der Waals surface area contributed by atoms with Crippen molar-refractivity contribution in [3.63, 3.8) is 0 Å². The molecule has 2 aromatic rings. The molecule has 0 aromatic heterocycles. The Morgan fingerprint density at radius 3 is 2.42 bits per heavy atom. The van der Waals surface area contributed by atoms with Crippen LogP contribution in [0.25, 0.3) is 0 Å². The minimum atomic E-state index is -3.70. The number of rotatable bonds is 6. The van der Waals surface area contributed by atoms with E-state index >= 15 is 0 Å². The van der Waals surface area contributed by atoms with E-state index in [-0.39, 0.29) is 17.3 Å². The second-order valence-corrected chi connectivity index (χ2v) is 7.35. The molecule has 1 N–H and O–H groups in total. The van der Waals surface area contributed by atoms with Crippen molar-refractivity contribution in [2.45, 2.75) is 25.3 Å². The second-order valence-electron chi connectivity index (χ2n) is 5.61. The molecule has 0 fully saturated rings. The van der Waals surface area contributed by atoms with Crippen molar-refractivity contribution in [1.82, 2.24) is 9.62 Å². The second kappa shape index (κ2) is 7.59. The van der Waals surface area contributed by atoms with Crippen LogP contribution in [-0.2, 0) is 16.6 Å². The molecular weight excluding hydrogens is 324 g/mol. The number of aryl methyl sites for hydroxylation is 1. The number of amides is 1. The minimum Gasteiger partial charge on any atom is -0.342 e. The molecule has 0 saturated heterocycles. The van der Waals surface area contributed by atoms with Crippen LogP contribution in [0.2, 0.25) is 0 Å². The molecule has 6 heteroatoms. The van der Waals surface area contributed by atoms with Gasteiger partial charge < -0.3 is 4.90 Å². The van der Waals surface area contributed by atoms with Gasteiger partial charge in [0.05, 0.1) is 4.90 Å². The van der Waals surface area contributed by atoms with Gasteiger partial charge in [-0.1, -0.05) is 36.4 Å². The molecule has 0 atom stereocenters. The van der Waals surface area contributed by atoms with Gasteiger partial charge in [-0.15, -0.1) is 0 Å². The molecule has 0 spiro atoms. The fourth-order valence-electron chi connectivity index (χ4n) is 2.24. The summed E-state index contributed by atoms with van der Waals surface area (Å²) in [5.74, 6) is -0.197. The van der Waals surface area contributed by atoms with Crippen LogP contribution in [0.4, 0.5) is 0 Å². The van der Waals surface area contributed by atoms with Gasteiger partial charge in [0, 0.05) is 25.7 Å². The first kappa shape index (κ1) is 18.2. The zero-order chi connectivity index (χ0) is 17.7. The van der Waals surface area contributed by atoms with Crippen LogP contribution < -0.4 is 4.72 Å². The summed E-state index contributed by atoms with van der Waals surface area (Å²) in [7, 11) is -2.01. The van der Waals surface area contributed by atoms with Gasteiger partial charge in [0.1, 0.15) is 0 Å². The molecule has 5 nitrogen and oxygen atoms in total. The number of nitrogens with zero attached hydrogens (tertiary/aromatic N) is 1. The molecule has 0 bridgehead atoms. The van der Waals surface area contributed by atoms with Gasteiger partial charge in [-0.3, -0.25) is 4.79 Å². The average molecular weight is 346 g/mol. The summed E-state index contributed by atoms with van der Waals surface area (Å²) in [6.07, 6.45) is 0. The van der Waals surface area contributed by atoms with E-state index in [4.69, 9.17) is 0 Å². The molecule has 0 aliphatic carbocycles. The third-order valence-electron chi connectivity index (χ3n) is 3.85. The Kier molecular flexibility index (Phi) is 5.75. The Balaban J connectivity index is 2.27. The first-order chi connectivity index (χ1) is 11.3. The standard InChI is InChI=1S/C18H22N2O3S/c1-4-20(3)18(21)16-11-10-14(2)17(12-16)24(22,23)19-13-15-8-6-5-7-9-15/h5-12,19H,4,13H2,1-3H3. The summed E-state index contributed by atoms with van der Waals surface area (Å²) >= 11 is 0. The lowest BCUT2D eigenvalue weighted by Gasteiger charge is -2.16. The Hall–Kier alpha value is -2.18. The molecule has 0 aliphatic rings. The Morgan fingerprint density at radius 2 is 1.79 bits per heavy atom. The number of benzene rings is 2. The largest absolute Gasteiger partial charge is 0.342 e. The van der Waals surface area contributed by atoms with Crippen LogP contribution in [0.3, 0.4) is 0 Å². The van der Waals surface area contributed by atoms with Crippen molar-refractivity contribution in [3.8, 4) is 0 Å². The van der Waals surface area contributed by atoms with E-state index in [0.717, 1.165) is 5.56 Å². The van der Waals surface area contributed by atoms with E-state index in [1.807, 2.05) is 37.3 Å². The average Bonchev–Trinajstić information content (AvgIpc) is 2.60. The van der Waals surface area contributed by atoms with Crippen LogP contribution in [0, 0.1) is 6.92 Å². The van der Waals surface area contributed by atoms with E-state index in [9.17, 15) is 13.2 Å². The normalized spacial score (nSPS) is 11.3. The van der Waals surface area contributed by atoms with E-state index in [0.29, 0.717) is 17.7 Å². The molecule has 0 aliphatic heterocycles. The van der Waals surface area contributed by atoms with Crippen LogP contribution in [-0.4, -0.2) is 32.8 Å². The maximum Gasteiger partial charge on any atom is 0.253 e. The van der Waals surface area contributed by atoms with Crippen molar-refractivity contribution in [3.05, 3.63) is 65.2 Å². The summed E-state index contributed by atoms with van der Waals surface area (Å²) in [6, 6.07) is 14.0. The van der Waals surface area contributed by atoms with E-state index in [1.54, 1.807) is 31.0 Å². The monoisotopic (exact) mass is 346 g/mol. The molecule has 0 unspecified atom stereocenters. The Bertz CT molecular complexity index is 817. The summed E-state index contributed by atoms with van der Waals surface area (Å²) in [5, 5.41) is 0. The lowest BCUT2D eigenvalue weighted by atomic mass is 10.1. The quantitative estimate of drug-likeness (QED) is 0.874. The number of hydrogen-bond donors (Lipinski definition) is 1. The summed E-state index contributed by atoms with van der Waals surface area (Å²) in [4.78, 5) is 13.9. The van der Waals surface area contributed by atoms with Gasteiger partial charge in [0.2, 0.25) is 10.0 Å². The zero-order valence-corrected chi connectivity index (χ0v) is 14.9. The number of sulfonamides is 1. The molecular formula is C18H22N2O3S. The molecule has 2 aromatic carbocycles. The van der Waals surface area contributed by atoms with Gasteiger partial charge in [0.15, 0.2) is 0 Å². The summed E-state index contributed by atoms with van der Waals surface area (Å²) in [6.45, 7) is 4.34. The first-order valence-corrected chi connectivity index (χ1v) is 9.23. The highest BCUT2D eigenvalue weighted by Crippen LogP contribution is 2.18. The highest BCUT2D eigenvalue weighted by molar-refractivity contribution is 7.89. The predicted octanol–water partition coefficient (Wildman–Crippen LogP) is 2.57. The molecule has 0 saturated carbocycles. The number of hydrogen-bond acceptors (Lipinski definition) is 3.